The topological polar surface area (TPSA) is 309 Å². The second kappa shape index (κ2) is 42.3. The van der Waals surface area contributed by atoms with Gasteiger partial charge in [0.15, 0.2) is 11.3 Å². The number of pyridine rings is 2. The van der Waals surface area contributed by atoms with Gasteiger partial charge < -0.3 is 66.4 Å². The predicted octanol–water partition coefficient (Wildman–Crippen LogP) is 12.2. The monoisotopic (exact) mass is 1720 g/mol. The summed E-state index contributed by atoms with van der Waals surface area (Å²) in [6.07, 6.45) is 8.33. The number of carbonyl (C=O) groups is 5. The third kappa shape index (κ3) is 23.6. The molecule has 640 valence electrons. The number of anilines is 2. The SMILES string of the molecule is CCc1nc2c(cnn2CC)c(NC2CCOCC2)c1CNC(=O)c1cccc(C(=O)NCc2cccc(-c3cccc(CN4CCN[C@@H](C)C4)c3)c2F)c1.CCc1nc2c(cnn2CC)c(NC2CCOCC2)c1CNC(=O)c1cccc(C(=O)NCc2cccc(Br)c2F)c1.C[C@H]1CN(Cc2cccc(B(O)O)c2)CCN1C(=O)OC(C)(C)C. The molecule has 4 aromatic heterocycles. The molecule has 0 spiro atoms. The van der Waals surface area contributed by atoms with E-state index in [9.17, 15) is 38.4 Å². The Morgan fingerprint density at radius 2 is 1.03 bits per heavy atom. The van der Waals surface area contributed by atoms with Crippen LogP contribution in [0.2, 0.25) is 0 Å². The molecule has 10 aromatic rings. The van der Waals surface area contributed by atoms with Gasteiger partial charge in [0.1, 0.15) is 17.2 Å². The minimum atomic E-state index is -1.45. The smallest absolute Gasteiger partial charge is 0.444 e. The van der Waals surface area contributed by atoms with E-state index < -0.39 is 30.4 Å². The second-order valence-corrected chi connectivity index (χ2v) is 32.9. The molecule has 0 aliphatic carbocycles. The van der Waals surface area contributed by atoms with Crippen LogP contribution in [0, 0.1) is 11.6 Å². The fourth-order valence-electron chi connectivity index (χ4n) is 15.7. The molecule has 30 heteroatoms. The zero-order valence-corrected chi connectivity index (χ0v) is 72.1. The molecule has 0 unspecified atom stereocenters. The molecular formula is C91H112BBrF2N16O10. The Morgan fingerprint density at radius 1 is 0.570 bits per heavy atom. The molecule has 4 aliphatic rings. The van der Waals surface area contributed by atoms with Crippen molar-refractivity contribution in [3.8, 4) is 11.1 Å². The van der Waals surface area contributed by atoms with Crippen LogP contribution in [0.15, 0.2) is 150 Å². The fourth-order valence-corrected chi connectivity index (χ4v) is 16.1. The third-order valence-corrected chi connectivity index (χ3v) is 22.7. The van der Waals surface area contributed by atoms with E-state index in [4.69, 9.17) is 24.2 Å². The van der Waals surface area contributed by atoms with E-state index in [0.717, 1.165) is 138 Å². The normalized spacial score (nSPS) is 16.1. The van der Waals surface area contributed by atoms with E-state index >= 15 is 4.39 Å². The minimum Gasteiger partial charge on any atom is -0.444 e. The van der Waals surface area contributed by atoms with Crippen LogP contribution in [-0.4, -0.2) is 187 Å². The van der Waals surface area contributed by atoms with Gasteiger partial charge in [-0.15, -0.1) is 0 Å². The molecule has 4 aliphatic heterocycles. The van der Waals surface area contributed by atoms with E-state index in [1.807, 2.05) is 107 Å². The maximum Gasteiger partial charge on any atom is 0.488 e. The summed E-state index contributed by atoms with van der Waals surface area (Å²) < 4.78 is 50.9. The van der Waals surface area contributed by atoms with Crippen molar-refractivity contribution < 1.29 is 57.0 Å². The molecule has 26 nitrogen and oxygen atoms in total. The lowest BCUT2D eigenvalue weighted by Crippen LogP contribution is -2.54. The third-order valence-electron chi connectivity index (χ3n) is 22.1. The molecule has 0 radical (unpaired) electrons. The van der Waals surface area contributed by atoms with E-state index in [0.29, 0.717) is 120 Å². The molecule has 5 amide bonds. The molecule has 8 heterocycles. The van der Waals surface area contributed by atoms with Gasteiger partial charge in [0, 0.05) is 204 Å². The van der Waals surface area contributed by atoms with Gasteiger partial charge in [-0.2, -0.15) is 10.2 Å². The van der Waals surface area contributed by atoms with Crippen LogP contribution < -0.4 is 42.7 Å². The first-order valence-corrected chi connectivity index (χ1v) is 42.8. The molecule has 14 rings (SSSR count). The van der Waals surface area contributed by atoms with Gasteiger partial charge in [-0.05, 0) is 174 Å². The van der Waals surface area contributed by atoms with Crippen LogP contribution in [-0.2, 0) is 79.4 Å². The summed E-state index contributed by atoms with van der Waals surface area (Å²) in [6.45, 7) is 29.3. The Morgan fingerprint density at radius 3 is 1.51 bits per heavy atom. The number of fused-ring (bicyclic) bond motifs is 2. The number of halogens is 3. The largest absolute Gasteiger partial charge is 0.488 e. The highest BCUT2D eigenvalue weighted by molar-refractivity contribution is 9.10. The van der Waals surface area contributed by atoms with Crippen LogP contribution in [0.4, 0.5) is 25.0 Å². The van der Waals surface area contributed by atoms with Gasteiger partial charge in [-0.25, -0.2) is 32.9 Å². The lowest BCUT2D eigenvalue weighted by molar-refractivity contribution is 0.000507. The molecule has 0 saturated carbocycles. The summed E-state index contributed by atoms with van der Waals surface area (Å²) in [5.41, 5.74) is 12.7. The van der Waals surface area contributed by atoms with Gasteiger partial charge in [-0.1, -0.05) is 98.8 Å². The Labute approximate surface area is 714 Å². The number of aromatic nitrogens is 6. The van der Waals surface area contributed by atoms with E-state index in [1.165, 1.54) is 6.07 Å². The summed E-state index contributed by atoms with van der Waals surface area (Å²) in [6, 6.07) is 39.5. The molecule has 4 fully saturated rings. The number of piperazine rings is 2. The number of hydrogen-bond acceptors (Lipinski definition) is 19. The molecule has 0 bridgehead atoms. The average molecular weight is 1720 g/mol. The molecule has 4 saturated heterocycles. The summed E-state index contributed by atoms with van der Waals surface area (Å²) in [4.78, 5) is 81.6. The van der Waals surface area contributed by atoms with Crippen molar-refractivity contribution in [1.29, 1.82) is 0 Å². The average Bonchev–Trinajstić information content (AvgIpc) is 1.42. The van der Waals surface area contributed by atoms with Gasteiger partial charge in [0.05, 0.1) is 39.0 Å². The molecule has 9 N–H and O–H groups in total. The minimum absolute atomic E-state index is 0.0000696. The zero-order valence-electron chi connectivity index (χ0n) is 70.5. The first kappa shape index (κ1) is 89.7. The summed E-state index contributed by atoms with van der Waals surface area (Å²) in [7, 11) is -1.45. The van der Waals surface area contributed by atoms with Crippen molar-refractivity contribution in [3.05, 3.63) is 229 Å². The number of aryl methyl sites for hydroxylation is 4. The van der Waals surface area contributed by atoms with Crippen molar-refractivity contribution in [2.45, 2.75) is 183 Å². The fraction of sp³-hybridized carbons (Fsp3) is 0.418. The quantitative estimate of drug-likeness (QED) is 0.0228. The number of benzene rings is 6. The molecular weight excluding hydrogens is 1610 g/mol. The highest BCUT2D eigenvalue weighted by Gasteiger charge is 2.32. The van der Waals surface area contributed by atoms with Gasteiger partial charge in [0.25, 0.3) is 23.6 Å². The van der Waals surface area contributed by atoms with E-state index in [-0.39, 0.29) is 68.0 Å². The van der Waals surface area contributed by atoms with Gasteiger partial charge in [0.2, 0.25) is 0 Å². The van der Waals surface area contributed by atoms with E-state index in [2.05, 4.69) is 93.1 Å². The summed E-state index contributed by atoms with van der Waals surface area (Å²) in [5, 5.41) is 52.1. The number of amides is 5. The number of nitrogens with zero attached hydrogens (tertiary/aromatic N) is 9. The Kier molecular flexibility index (Phi) is 31.3. The molecule has 6 aromatic carbocycles. The van der Waals surface area contributed by atoms with Crippen molar-refractivity contribution in [2.24, 2.45) is 0 Å². The lowest BCUT2D eigenvalue weighted by atomic mass is 9.79. The van der Waals surface area contributed by atoms with Gasteiger partial charge in [-0.3, -0.25) is 29.0 Å². The van der Waals surface area contributed by atoms with Crippen molar-refractivity contribution in [1.82, 2.24) is 70.8 Å². The Bertz CT molecular complexity index is 5270. The van der Waals surface area contributed by atoms with Crippen LogP contribution >= 0.6 is 15.9 Å². The maximum atomic E-state index is 15.9. The van der Waals surface area contributed by atoms with Crippen LogP contribution in [0.3, 0.4) is 0 Å². The standard InChI is InChI=1S/C43H51FN8O3.C31H34BrFN6O3.C17H27BN2O4/c1-4-38-36(40(49-34-15-19-55-20-16-34)37-25-48-52(5-2)41(37)50-38)24-47-43(54)32-12-7-11-31(22-32)42(53)46-23-33-13-8-14-35(39(33)44)30-10-6-9-29(21-30)27-51-18-17-45-28(3)26-51;1-3-26-23(28(37-22-11-13-42-14-12-22)24-18-36-39(4-2)29(24)38-26)17-35-31(41)20-8-5-7-19(15-20)30(40)34-16-21-9-6-10-25(32)27(21)33;1-13-11-19(8-9-20(13)16(21)24-17(2,3)4)12-14-6-5-7-15(10-14)18(22)23/h6-14,21-22,25,28,34,45H,4-5,15-20,23-24,26-27H2,1-3H3,(H,46,53)(H,47,54)(H,49,50);5-10,15,18,22H,3-4,11-14,16-17H2,1-2H3,(H,34,40)(H,35,41)(H,37,38);5-7,10,13,22-23H,8-9,11-12H2,1-4H3/t28-;;13-/m0.0/s1. The zero-order chi connectivity index (χ0) is 85.9. The van der Waals surface area contributed by atoms with Crippen LogP contribution in [0.25, 0.3) is 33.2 Å². The predicted molar refractivity (Wildman–Crippen MR) is 470 cm³/mol. The number of hydrogen-bond donors (Lipinski definition) is 9. The first-order valence-electron chi connectivity index (χ1n) is 42.0. The highest BCUT2D eigenvalue weighted by Crippen LogP contribution is 2.35. The van der Waals surface area contributed by atoms with Crippen LogP contribution in [0.5, 0.6) is 0 Å². The van der Waals surface area contributed by atoms with Crippen molar-refractivity contribution >= 4 is 91.7 Å². The van der Waals surface area contributed by atoms with Crippen molar-refractivity contribution in [3.63, 3.8) is 0 Å². The highest BCUT2D eigenvalue weighted by atomic mass is 79.9. The molecule has 2 atom stereocenters. The number of carbonyl (C=O) groups excluding carboxylic acids is 5. The Balaban J connectivity index is 0.000000179. The Hall–Kier alpha value is -10.6. The van der Waals surface area contributed by atoms with E-state index in [1.54, 1.807) is 89.8 Å². The lowest BCUT2D eigenvalue weighted by Gasteiger charge is -2.40. The van der Waals surface area contributed by atoms with Crippen LogP contribution in [0.1, 0.15) is 174 Å². The van der Waals surface area contributed by atoms with Crippen molar-refractivity contribution in [2.75, 3.05) is 76.3 Å². The number of nitrogens with one attached hydrogen (secondary N) is 7. The number of ether oxygens (including phenoxy) is 3. The van der Waals surface area contributed by atoms with Gasteiger partial charge >= 0.3 is 13.2 Å². The summed E-state index contributed by atoms with van der Waals surface area (Å²) in [5.74, 6) is -2.21. The first-order chi connectivity index (χ1) is 58.3. The molecule has 121 heavy (non-hydrogen) atoms. The number of rotatable bonds is 26. The second-order valence-electron chi connectivity index (χ2n) is 32.0. The summed E-state index contributed by atoms with van der Waals surface area (Å²) >= 11 is 3.16. The maximum absolute atomic E-state index is 15.9.